The van der Waals surface area contributed by atoms with Crippen molar-refractivity contribution in [1.82, 2.24) is 9.36 Å². The van der Waals surface area contributed by atoms with Crippen LogP contribution in [0.2, 0.25) is 0 Å². The van der Waals surface area contributed by atoms with Crippen molar-refractivity contribution in [3.63, 3.8) is 0 Å². The maximum atomic E-state index is 4.19. The molecule has 1 heterocycles. The van der Waals surface area contributed by atoms with Gasteiger partial charge in [-0.15, -0.1) is 10.2 Å². The Labute approximate surface area is 114 Å². The molecule has 0 saturated heterocycles. The van der Waals surface area contributed by atoms with Crippen molar-refractivity contribution in [1.29, 1.82) is 0 Å². The van der Waals surface area contributed by atoms with E-state index in [0.717, 1.165) is 16.5 Å². The summed E-state index contributed by atoms with van der Waals surface area (Å²) in [4.78, 5) is 6.23. The van der Waals surface area contributed by atoms with Crippen LogP contribution < -0.4 is 4.90 Å². The summed E-state index contributed by atoms with van der Waals surface area (Å²) in [6, 6.07) is 7.86. The summed E-state index contributed by atoms with van der Waals surface area (Å²) in [6.45, 7) is 0. The number of nitrogens with zero attached hydrogens (tertiary/aromatic N) is 5. The predicted octanol–water partition coefficient (Wildman–Crippen LogP) is 3.74. The van der Waals surface area contributed by atoms with E-state index >= 15 is 0 Å². The van der Waals surface area contributed by atoms with E-state index in [2.05, 4.69) is 19.6 Å². The van der Waals surface area contributed by atoms with Gasteiger partial charge < -0.3 is 4.90 Å². The van der Waals surface area contributed by atoms with Gasteiger partial charge in [0, 0.05) is 31.3 Å². The SMILES string of the molecule is CSc1nsc(N=Nc2ccc(N(C)C)cc2)n1. The molecule has 2 rings (SSSR count). The topological polar surface area (TPSA) is 53.7 Å². The summed E-state index contributed by atoms with van der Waals surface area (Å²) >= 11 is 2.75. The Bertz CT molecular complexity index is 533. The van der Waals surface area contributed by atoms with E-state index in [1.807, 2.05) is 49.5 Å². The fraction of sp³-hybridized carbons (Fsp3) is 0.273. The van der Waals surface area contributed by atoms with Crippen molar-refractivity contribution in [2.24, 2.45) is 10.2 Å². The first-order valence-corrected chi connectivity index (χ1v) is 7.25. The molecule has 0 atom stereocenters. The van der Waals surface area contributed by atoms with E-state index in [-0.39, 0.29) is 0 Å². The van der Waals surface area contributed by atoms with Crippen molar-refractivity contribution in [3.8, 4) is 0 Å². The zero-order valence-corrected chi connectivity index (χ0v) is 12.0. The van der Waals surface area contributed by atoms with E-state index < -0.39 is 0 Å². The summed E-state index contributed by atoms with van der Waals surface area (Å²) in [5.74, 6) is 0. The molecule has 2 aromatic rings. The van der Waals surface area contributed by atoms with Gasteiger partial charge in [-0.2, -0.15) is 9.36 Å². The van der Waals surface area contributed by atoms with Crippen molar-refractivity contribution >= 4 is 39.8 Å². The number of azo groups is 1. The average Bonchev–Trinajstić information content (AvgIpc) is 2.85. The maximum absolute atomic E-state index is 4.19. The Morgan fingerprint density at radius 2 is 1.89 bits per heavy atom. The smallest absolute Gasteiger partial charge is 0.250 e. The summed E-state index contributed by atoms with van der Waals surface area (Å²) < 4.78 is 4.12. The van der Waals surface area contributed by atoms with Crippen LogP contribution in [-0.4, -0.2) is 29.7 Å². The molecule has 1 aromatic heterocycles. The van der Waals surface area contributed by atoms with Crippen LogP contribution in [-0.2, 0) is 0 Å². The van der Waals surface area contributed by atoms with E-state index in [0.29, 0.717) is 5.13 Å². The summed E-state index contributed by atoms with van der Waals surface area (Å²) in [5.41, 5.74) is 1.94. The fourth-order valence-corrected chi connectivity index (χ4v) is 2.29. The number of thioether (sulfide) groups is 1. The van der Waals surface area contributed by atoms with E-state index in [1.54, 1.807) is 0 Å². The lowest BCUT2D eigenvalue weighted by molar-refractivity contribution is 1.06. The number of aromatic nitrogens is 2. The molecule has 0 N–H and O–H groups in total. The standard InChI is InChI=1S/C11H13N5S2/c1-16(2)9-6-4-8(5-7-9)13-14-10-12-11(17-3)15-18-10/h4-7H,1-3H3. The number of rotatable bonds is 4. The molecule has 1 aromatic carbocycles. The lowest BCUT2D eigenvalue weighted by Crippen LogP contribution is -2.07. The molecule has 0 aliphatic heterocycles. The third kappa shape index (κ3) is 3.27. The monoisotopic (exact) mass is 279 g/mol. The number of hydrogen-bond acceptors (Lipinski definition) is 7. The highest BCUT2D eigenvalue weighted by molar-refractivity contribution is 7.98. The minimum absolute atomic E-state index is 0.580. The molecule has 0 unspecified atom stereocenters. The van der Waals surface area contributed by atoms with Crippen molar-refractivity contribution < 1.29 is 0 Å². The van der Waals surface area contributed by atoms with E-state index in [1.165, 1.54) is 23.3 Å². The molecule has 0 aliphatic rings. The molecule has 0 bridgehead atoms. The maximum Gasteiger partial charge on any atom is 0.250 e. The van der Waals surface area contributed by atoms with Crippen LogP contribution >= 0.6 is 23.3 Å². The van der Waals surface area contributed by atoms with Gasteiger partial charge in [-0.25, -0.2) is 0 Å². The number of hydrogen-bond donors (Lipinski definition) is 0. The molecule has 0 spiro atoms. The third-order valence-electron chi connectivity index (χ3n) is 2.20. The number of benzene rings is 1. The number of anilines is 1. The molecular formula is C11H13N5S2. The molecule has 18 heavy (non-hydrogen) atoms. The normalized spacial score (nSPS) is 11.1. The Balaban J connectivity index is 2.08. The Hall–Kier alpha value is -1.47. The van der Waals surface area contributed by atoms with Gasteiger partial charge in [0.25, 0.3) is 0 Å². The summed E-state index contributed by atoms with van der Waals surface area (Å²) in [6.07, 6.45) is 1.93. The second-order valence-corrected chi connectivity index (χ2v) is 5.18. The van der Waals surface area contributed by atoms with Gasteiger partial charge >= 0.3 is 0 Å². The molecule has 0 aliphatic carbocycles. The van der Waals surface area contributed by atoms with Crippen LogP contribution in [0.4, 0.5) is 16.5 Å². The molecule has 5 nitrogen and oxygen atoms in total. The van der Waals surface area contributed by atoms with Gasteiger partial charge in [0.1, 0.15) is 0 Å². The minimum Gasteiger partial charge on any atom is -0.378 e. The van der Waals surface area contributed by atoms with Gasteiger partial charge in [0.05, 0.1) is 5.69 Å². The van der Waals surface area contributed by atoms with Gasteiger partial charge in [-0.05, 0) is 30.5 Å². The van der Waals surface area contributed by atoms with Crippen LogP contribution in [0, 0.1) is 0 Å². The van der Waals surface area contributed by atoms with Crippen LogP contribution in [0.25, 0.3) is 0 Å². The second-order valence-electron chi connectivity index (χ2n) is 3.67. The Morgan fingerprint density at radius 3 is 2.44 bits per heavy atom. The fourth-order valence-electron chi connectivity index (χ4n) is 1.24. The van der Waals surface area contributed by atoms with Gasteiger partial charge in [-0.3, -0.25) is 0 Å². The second kappa shape index (κ2) is 5.92. The minimum atomic E-state index is 0.580. The van der Waals surface area contributed by atoms with E-state index in [4.69, 9.17) is 0 Å². The van der Waals surface area contributed by atoms with Crippen LogP contribution in [0.3, 0.4) is 0 Å². The van der Waals surface area contributed by atoms with Crippen molar-refractivity contribution in [3.05, 3.63) is 24.3 Å². The molecular weight excluding hydrogens is 266 g/mol. The lowest BCUT2D eigenvalue weighted by Gasteiger charge is -2.11. The predicted molar refractivity (Wildman–Crippen MR) is 76.6 cm³/mol. The Morgan fingerprint density at radius 1 is 1.17 bits per heavy atom. The highest BCUT2D eigenvalue weighted by atomic mass is 32.2. The van der Waals surface area contributed by atoms with Crippen LogP contribution in [0.5, 0.6) is 0 Å². The molecule has 0 radical (unpaired) electrons. The van der Waals surface area contributed by atoms with E-state index in [9.17, 15) is 0 Å². The molecule has 0 fully saturated rings. The van der Waals surface area contributed by atoms with Crippen molar-refractivity contribution in [2.75, 3.05) is 25.3 Å². The van der Waals surface area contributed by atoms with Crippen LogP contribution in [0.1, 0.15) is 0 Å². The molecule has 0 amide bonds. The Kier molecular flexibility index (Phi) is 4.27. The largest absolute Gasteiger partial charge is 0.378 e. The first-order valence-electron chi connectivity index (χ1n) is 5.26. The van der Waals surface area contributed by atoms with Gasteiger partial charge in [0.15, 0.2) is 0 Å². The zero-order valence-electron chi connectivity index (χ0n) is 10.4. The first-order chi connectivity index (χ1) is 8.69. The molecule has 94 valence electrons. The summed E-state index contributed by atoms with van der Waals surface area (Å²) in [5, 5.41) is 9.51. The lowest BCUT2D eigenvalue weighted by atomic mass is 10.3. The van der Waals surface area contributed by atoms with Crippen LogP contribution in [0.15, 0.2) is 39.7 Å². The third-order valence-corrected chi connectivity index (χ3v) is 3.46. The van der Waals surface area contributed by atoms with Crippen molar-refractivity contribution in [2.45, 2.75) is 5.16 Å². The molecule has 0 saturated carbocycles. The average molecular weight is 279 g/mol. The highest BCUT2D eigenvalue weighted by Crippen LogP contribution is 2.24. The zero-order chi connectivity index (χ0) is 13.0. The summed E-state index contributed by atoms with van der Waals surface area (Å²) in [7, 11) is 4.00. The van der Waals surface area contributed by atoms with Gasteiger partial charge in [-0.1, -0.05) is 11.8 Å². The molecule has 7 heteroatoms. The quantitative estimate of drug-likeness (QED) is 0.632. The van der Waals surface area contributed by atoms with Gasteiger partial charge in [0.2, 0.25) is 10.3 Å². The first kappa shape index (κ1) is 13.0. The highest BCUT2D eigenvalue weighted by Gasteiger charge is 2.00.